The van der Waals surface area contributed by atoms with Gasteiger partial charge in [0.15, 0.2) is 0 Å². The number of rotatable bonds is 3. The van der Waals surface area contributed by atoms with Crippen LogP contribution in [0.3, 0.4) is 0 Å². The van der Waals surface area contributed by atoms with Crippen LogP contribution < -0.4 is 5.43 Å². The molecule has 6 nitrogen and oxygen atoms in total. The number of carbonyl (C=O) groups is 1. The van der Waals surface area contributed by atoms with E-state index in [0.29, 0.717) is 5.92 Å². The number of nitro benzene ring substituents is 1. The molecule has 0 spiro atoms. The summed E-state index contributed by atoms with van der Waals surface area (Å²) in [6, 6.07) is 5.65. The van der Waals surface area contributed by atoms with Gasteiger partial charge in [0.05, 0.1) is 15.5 Å². The lowest BCUT2D eigenvalue weighted by molar-refractivity contribution is -0.384. The maximum Gasteiger partial charge on any atom is 0.271 e. The molecular weight excluding hydrogens is 374 g/mol. The van der Waals surface area contributed by atoms with Crippen LogP contribution in [0, 0.1) is 26.9 Å². The minimum atomic E-state index is -0.517. The van der Waals surface area contributed by atoms with Gasteiger partial charge in [-0.1, -0.05) is 42.8 Å². The van der Waals surface area contributed by atoms with Crippen LogP contribution in [0.1, 0.15) is 44.0 Å². The summed E-state index contributed by atoms with van der Waals surface area (Å²) in [5.74, 6) is 0.0612. The van der Waals surface area contributed by atoms with E-state index in [-0.39, 0.29) is 26.9 Å². The molecule has 2 fully saturated rings. The first-order valence-corrected chi connectivity index (χ1v) is 8.87. The van der Waals surface area contributed by atoms with Crippen LogP contribution in [0.25, 0.3) is 0 Å². The summed E-state index contributed by atoms with van der Waals surface area (Å²) in [5, 5.41) is 15.2. The summed E-state index contributed by atoms with van der Waals surface area (Å²) in [6.45, 7) is 6.71. The summed E-state index contributed by atoms with van der Waals surface area (Å²) in [7, 11) is 0. The van der Waals surface area contributed by atoms with Crippen molar-refractivity contribution < 1.29 is 9.72 Å². The number of carbonyl (C=O) groups excluding carboxylic acids is 1. The van der Waals surface area contributed by atoms with Gasteiger partial charge in [-0.05, 0) is 30.2 Å². The van der Waals surface area contributed by atoms with E-state index in [0.717, 1.165) is 18.6 Å². The molecule has 2 aliphatic carbocycles. The van der Waals surface area contributed by atoms with Crippen LogP contribution in [-0.4, -0.2) is 21.4 Å². The van der Waals surface area contributed by atoms with Crippen molar-refractivity contribution in [1.82, 2.24) is 5.43 Å². The SMILES string of the molecule is CC1(C)[C@H]2CC[C@]1(C)/C(=N/NC(=O)c1cccc([N+](=O)[O-])c1)[C@@H]2Br. The second-order valence-corrected chi connectivity index (χ2v) is 8.33. The quantitative estimate of drug-likeness (QED) is 0.479. The Morgan fingerprint density at radius 3 is 2.71 bits per heavy atom. The van der Waals surface area contributed by atoms with Crippen LogP contribution in [0.5, 0.6) is 0 Å². The van der Waals surface area contributed by atoms with Crippen LogP contribution >= 0.6 is 15.9 Å². The van der Waals surface area contributed by atoms with Crippen LogP contribution in [-0.2, 0) is 0 Å². The van der Waals surface area contributed by atoms with Gasteiger partial charge in [-0.3, -0.25) is 14.9 Å². The van der Waals surface area contributed by atoms with Crippen molar-refractivity contribution in [2.75, 3.05) is 0 Å². The van der Waals surface area contributed by atoms with Crippen molar-refractivity contribution in [3.8, 4) is 0 Å². The molecule has 2 aliphatic rings. The Hall–Kier alpha value is -1.76. The van der Waals surface area contributed by atoms with Crippen LogP contribution in [0.4, 0.5) is 5.69 Å². The molecule has 3 rings (SSSR count). The van der Waals surface area contributed by atoms with Gasteiger partial charge in [-0.2, -0.15) is 5.10 Å². The van der Waals surface area contributed by atoms with E-state index in [2.05, 4.69) is 47.2 Å². The third-order valence-corrected chi connectivity index (χ3v) is 7.15. The number of benzene rings is 1. The van der Waals surface area contributed by atoms with E-state index in [1.807, 2.05) is 0 Å². The summed E-state index contributed by atoms with van der Waals surface area (Å²) < 4.78 is 0. The minimum Gasteiger partial charge on any atom is -0.267 e. The van der Waals surface area contributed by atoms with Gasteiger partial charge in [0.25, 0.3) is 11.6 Å². The average Bonchev–Trinajstić information content (AvgIpc) is 2.84. The molecule has 7 heteroatoms. The van der Waals surface area contributed by atoms with E-state index < -0.39 is 10.8 Å². The molecule has 128 valence electrons. The van der Waals surface area contributed by atoms with Crippen molar-refractivity contribution in [2.45, 2.75) is 38.4 Å². The average molecular weight is 394 g/mol. The molecule has 0 aliphatic heterocycles. The van der Waals surface area contributed by atoms with E-state index in [1.54, 1.807) is 6.07 Å². The Labute approximate surface area is 149 Å². The van der Waals surface area contributed by atoms with Gasteiger partial charge in [0, 0.05) is 23.1 Å². The molecular formula is C17H20BrN3O3. The molecule has 1 amide bonds. The topological polar surface area (TPSA) is 84.6 Å². The van der Waals surface area contributed by atoms with E-state index >= 15 is 0 Å². The highest BCUT2D eigenvalue weighted by Crippen LogP contribution is 2.65. The van der Waals surface area contributed by atoms with Gasteiger partial charge in [0.1, 0.15) is 0 Å². The second kappa shape index (κ2) is 5.65. The Morgan fingerprint density at radius 1 is 1.42 bits per heavy atom. The lowest BCUT2D eigenvalue weighted by Gasteiger charge is -2.34. The Morgan fingerprint density at radius 2 is 2.12 bits per heavy atom. The number of hydrogen-bond donors (Lipinski definition) is 1. The second-order valence-electron chi connectivity index (χ2n) is 7.35. The molecule has 1 N–H and O–H groups in total. The van der Waals surface area contributed by atoms with Crippen LogP contribution in [0.15, 0.2) is 29.4 Å². The van der Waals surface area contributed by atoms with E-state index in [4.69, 9.17) is 0 Å². The smallest absolute Gasteiger partial charge is 0.267 e. The number of fused-ring (bicyclic) bond motifs is 2. The molecule has 1 aromatic rings. The molecule has 0 saturated heterocycles. The Bertz CT molecular complexity index is 746. The van der Waals surface area contributed by atoms with Crippen molar-refractivity contribution >= 4 is 33.2 Å². The number of hydrazone groups is 1. The summed E-state index contributed by atoms with van der Waals surface area (Å²) >= 11 is 3.74. The third kappa shape index (κ3) is 2.37. The fourth-order valence-electron chi connectivity index (χ4n) is 4.12. The highest BCUT2D eigenvalue weighted by Gasteiger charge is 2.64. The molecule has 0 radical (unpaired) electrons. The summed E-state index contributed by atoms with van der Waals surface area (Å²) in [4.78, 5) is 22.8. The summed E-state index contributed by atoms with van der Waals surface area (Å²) in [6.07, 6.45) is 2.20. The Balaban J connectivity index is 1.83. The zero-order valence-electron chi connectivity index (χ0n) is 13.9. The standard InChI is InChI=1S/C17H20BrN3O3/c1-16(2)12-7-8-17(16,3)14(13(12)18)19-20-15(22)10-5-4-6-11(9-10)21(23)24/h4-6,9,12-13H,7-8H2,1-3H3,(H,20,22)/b19-14+/t12-,13+,17+/m0/s1. The number of halogens is 1. The van der Waals surface area contributed by atoms with Gasteiger partial charge in [0.2, 0.25) is 0 Å². The summed E-state index contributed by atoms with van der Waals surface area (Å²) in [5.41, 5.74) is 3.73. The first-order valence-electron chi connectivity index (χ1n) is 7.95. The van der Waals surface area contributed by atoms with Crippen molar-refractivity contribution in [3.05, 3.63) is 39.9 Å². The third-order valence-electron chi connectivity index (χ3n) is 6.08. The molecule has 2 saturated carbocycles. The van der Waals surface area contributed by atoms with Gasteiger partial charge < -0.3 is 0 Å². The largest absolute Gasteiger partial charge is 0.271 e. The maximum atomic E-state index is 12.3. The fourth-order valence-corrected chi connectivity index (χ4v) is 5.66. The molecule has 0 unspecified atom stereocenters. The number of non-ortho nitro benzene ring substituents is 1. The van der Waals surface area contributed by atoms with E-state index in [9.17, 15) is 14.9 Å². The Kier molecular flexibility index (Phi) is 4.02. The fraction of sp³-hybridized carbons (Fsp3) is 0.529. The normalized spacial score (nSPS) is 32.1. The van der Waals surface area contributed by atoms with Gasteiger partial charge in [-0.25, -0.2) is 5.43 Å². The highest BCUT2D eigenvalue weighted by molar-refractivity contribution is 9.10. The monoisotopic (exact) mass is 393 g/mol. The number of nitrogens with zero attached hydrogens (tertiary/aromatic N) is 2. The lowest BCUT2D eigenvalue weighted by Crippen LogP contribution is -2.36. The predicted octanol–water partition coefficient (Wildman–Crippen LogP) is 3.90. The van der Waals surface area contributed by atoms with E-state index in [1.165, 1.54) is 18.2 Å². The van der Waals surface area contributed by atoms with Crippen molar-refractivity contribution in [2.24, 2.45) is 21.8 Å². The highest BCUT2D eigenvalue weighted by atomic mass is 79.9. The number of nitrogens with one attached hydrogen (secondary N) is 1. The molecule has 24 heavy (non-hydrogen) atoms. The van der Waals surface area contributed by atoms with Crippen molar-refractivity contribution in [1.29, 1.82) is 0 Å². The number of nitro groups is 1. The maximum absolute atomic E-state index is 12.3. The first kappa shape index (κ1) is 17.1. The molecule has 0 heterocycles. The zero-order chi connectivity index (χ0) is 17.7. The lowest BCUT2D eigenvalue weighted by atomic mass is 9.70. The van der Waals surface area contributed by atoms with Gasteiger partial charge in [-0.15, -0.1) is 0 Å². The van der Waals surface area contributed by atoms with Crippen molar-refractivity contribution in [3.63, 3.8) is 0 Å². The van der Waals surface area contributed by atoms with Crippen LogP contribution in [0.2, 0.25) is 0 Å². The minimum absolute atomic E-state index is 0.0538. The molecule has 2 bridgehead atoms. The molecule has 3 atom stereocenters. The predicted molar refractivity (Wildman–Crippen MR) is 95.3 cm³/mol. The molecule has 0 aromatic heterocycles. The number of alkyl halides is 1. The van der Waals surface area contributed by atoms with Gasteiger partial charge >= 0.3 is 0 Å². The first-order chi connectivity index (χ1) is 11.2. The number of amides is 1. The molecule has 1 aromatic carbocycles. The zero-order valence-corrected chi connectivity index (χ0v) is 15.5. The number of hydrogen-bond acceptors (Lipinski definition) is 4.